The van der Waals surface area contributed by atoms with Crippen molar-refractivity contribution in [1.82, 2.24) is 0 Å². The minimum atomic E-state index is -4.51. The summed E-state index contributed by atoms with van der Waals surface area (Å²) < 4.78 is 38.5. The Bertz CT molecular complexity index is 587. The van der Waals surface area contributed by atoms with Gasteiger partial charge in [-0.3, -0.25) is 0 Å². The number of carboxylic acid groups (broad SMARTS) is 1. The van der Waals surface area contributed by atoms with Gasteiger partial charge in [0.15, 0.2) is 0 Å². The number of hydrogen-bond donors (Lipinski definition) is 1. The number of rotatable bonds is 2. The summed E-state index contributed by atoms with van der Waals surface area (Å²) >= 11 is 1.06. The number of alkyl halides is 3. The van der Waals surface area contributed by atoms with Crippen LogP contribution in [0.5, 0.6) is 0 Å². The van der Waals surface area contributed by atoms with Gasteiger partial charge in [0.05, 0.1) is 11.1 Å². The number of thiophene rings is 1. The Balaban J connectivity index is 2.65. The van der Waals surface area contributed by atoms with E-state index in [0.29, 0.717) is 0 Å². The van der Waals surface area contributed by atoms with E-state index in [4.69, 9.17) is 5.11 Å². The van der Waals surface area contributed by atoms with E-state index in [1.807, 2.05) is 0 Å². The summed E-state index contributed by atoms with van der Waals surface area (Å²) in [7, 11) is 0. The molecule has 2 nitrogen and oxygen atoms in total. The van der Waals surface area contributed by atoms with Crippen molar-refractivity contribution in [3.8, 4) is 11.1 Å². The minimum absolute atomic E-state index is 0.0976. The van der Waals surface area contributed by atoms with Gasteiger partial charge in [0.1, 0.15) is 0 Å². The third-order valence-electron chi connectivity index (χ3n) is 2.42. The van der Waals surface area contributed by atoms with Gasteiger partial charge in [-0.15, -0.1) is 0 Å². The Hall–Kier alpha value is -1.82. The van der Waals surface area contributed by atoms with E-state index >= 15 is 0 Å². The quantitative estimate of drug-likeness (QED) is 0.892. The zero-order valence-electron chi connectivity index (χ0n) is 8.86. The first-order valence-electron chi connectivity index (χ1n) is 4.87. The number of benzene rings is 1. The average molecular weight is 272 g/mol. The molecule has 0 amide bonds. The van der Waals surface area contributed by atoms with Crippen LogP contribution in [0.25, 0.3) is 11.1 Å². The lowest BCUT2D eigenvalue weighted by atomic mass is 9.99. The number of carbonyl (C=O) groups is 1. The maximum Gasteiger partial charge on any atom is 0.417 e. The van der Waals surface area contributed by atoms with Gasteiger partial charge in [-0.1, -0.05) is 18.2 Å². The number of halogens is 3. The lowest BCUT2D eigenvalue weighted by Gasteiger charge is -2.12. The predicted octanol–water partition coefficient (Wildman–Crippen LogP) is 4.13. The van der Waals surface area contributed by atoms with Crippen LogP contribution in [0.15, 0.2) is 35.0 Å². The summed E-state index contributed by atoms with van der Waals surface area (Å²) in [5.74, 6) is -1.23. The van der Waals surface area contributed by atoms with Crippen LogP contribution in [-0.2, 0) is 6.18 Å². The Morgan fingerprint density at radius 3 is 2.39 bits per heavy atom. The summed E-state index contributed by atoms with van der Waals surface area (Å²) in [4.78, 5) is 10.9. The molecule has 1 aromatic carbocycles. The first-order chi connectivity index (χ1) is 8.41. The molecule has 0 unspecified atom stereocenters. The van der Waals surface area contributed by atoms with E-state index in [-0.39, 0.29) is 16.7 Å². The summed E-state index contributed by atoms with van der Waals surface area (Å²) in [5.41, 5.74) is -0.952. The van der Waals surface area contributed by atoms with E-state index < -0.39 is 17.7 Å². The van der Waals surface area contributed by atoms with Crippen molar-refractivity contribution in [1.29, 1.82) is 0 Å². The number of hydrogen-bond acceptors (Lipinski definition) is 2. The van der Waals surface area contributed by atoms with Gasteiger partial charge in [0.25, 0.3) is 0 Å². The van der Waals surface area contributed by atoms with Crippen molar-refractivity contribution in [2.45, 2.75) is 6.18 Å². The van der Waals surface area contributed by atoms with Crippen molar-refractivity contribution < 1.29 is 23.1 Å². The molecule has 2 aromatic rings. The fraction of sp³-hybridized carbons (Fsp3) is 0.0833. The fourth-order valence-electron chi connectivity index (χ4n) is 1.64. The van der Waals surface area contributed by atoms with Gasteiger partial charge in [-0.2, -0.15) is 24.5 Å². The van der Waals surface area contributed by atoms with Gasteiger partial charge in [-0.05, 0) is 17.0 Å². The molecule has 0 atom stereocenters. The second kappa shape index (κ2) is 4.45. The molecule has 1 aromatic heterocycles. The van der Waals surface area contributed by atoms with Crippen LogP contribution in [-0.4, -0.2) is 11.1 Å². The molecule has 0 aliphatic rings. The highest BCUT2D eigenvalue weighted by atomic mass is 32.1. The van der Waals surface area contributed by atoms with E-state index in [2.05, 4.69) is 0 Å². The highest BCUT2D eigenvalue weighted by Crippen LogP contribution is 2.39. The van der Waals surface area contributed by atoms with E-state index in [1.165, 1.54) is 29.0 Å². The Labute approximate surface area is 104 Å². The second-order valence-electron chi connectivity index (χ2n) is 3.55. The summed E-state index contributed by atoms with van der Waals surface area (Å²) in [5, 5.41) is 11.7. The number of aromatic carboxylic acids is 1. The van der Waals surface area contributed by atoms with Crippen LogP contribution in [0, 0.1) is 0 Å². The third-order valence-corrected chi connectivity index (χ3v) is 3.16. The largest absolute Gasteiger partial charge is 0.478 e. The minimum Gasteiger partial charge on any atom is -0.478 e. The Kier molecular flexibility index (Phi) is 3.13. The molecule has 1 N–H and O–H groups in total. The average Bonchev–Trinajstić information content (AvgIpc) is 2.76. The molecule has 2 rings (SSSR count). The molecule has 0 radical (unpaired) electrons. The van der Waals surface area contributed by atoms with Crippen molar-refractivity contribution in [2.75, 3.05) is 0 Å². The molecule has 18 heavy (non-hydrogen) atoms. The van der Waals surface area contributed by atoms with E-state index in [1.54, 1.807) is 0 Å². The van der Waals surface area contributed by atoms with Gasteiger partial charge in [-0.25, -0.2) is 4.79 Å². The third kappa shape index (κ3) is 2.24. The zero-order valence-corrected chi connectivity index (χ0v) is 9.68. The van der Waals surface area contributed by atoms with Crippen molar-refractivity contribution in [2.24, 2.45) is 0 Å². The van der Waals surface area contributed by atoms with Crippen LogP contribution in [0.4, 0.5) is 13.2 Å². The molecule has 1 heterocycles. The lowest BCUT2D eigenvalue weighted by molar-refractivity contribution is -0.137. The van der Waals surface area contributed by atoms with Crippen LogP contribution in [0.1, 0.15) is 15.9 Å². The van der Waals surface area contributed by atoms with Gasteiger partial charge < -0.3 is 5.11 Å². The van der Waals surface area contributed by atoms with Crippen molar-refractivity contribution in [3.63, 3.8) is 0 Å². The maximum atomic E-state index is 12.8. The van der Waals surface area contributed by atoms with Crippen molar-refractivity contribution in [3.05, 3.63) is 46.2 Å². The topological polar surface area (TPSA) is 37.3 Å². The molecule has 0 spiro atoms. The van der Waals surface area contributed by atoms with Crippen LogP contribution >= 0.6 is 11.3 Å². The normalized spacial score (nSPS) is 11.5. The summed E-state index contributed by atoms with van der Waals surface area (Å²) in [6, 6.07) is 4.95. The van der Waals surface area contributed by atoms with Crippen molar-refractivity contribution >= 4 is 17.3 Å². The highest BCUT2D eigenvalue weighted by Gasteiger charge is 2.34. The SMILES string of the molecule is O=C(O)c1cscc1-c1ccccc1C(F)(F)F. The van der Waals surface area contributed by atoms with E-state index in [0.717, 1.165) is 17.4 Å². The second-order valence-corrected chi connectivity index (χ2v) is 4.29. The zero-order chi connectivity index (χ0) is 13.3. The molecule has 0 fully saturated rings. The predicted molar refractivity (Wildman–Crippen MR) is 61.7 cm³/mol. The highest BCUT2D eigenvalue weighted by molar-refractivity contribution is 7.08. The maximum absolute atomic E-state index is 12.8. The lowest BCUT2D eigenvalue weighted by Crippen LogP contribution is -2.07. The smallest absolute Gasteiger partial charge is 0.417 e. The Morgan fingerprint density at radius 2 is 1.78 bits per heavy atom. The molecule has 94 valence electrons. The Morgan fingerprint density at radius 1 is 1.11 bits per heavy atom. The van der Waals surface area contributed by atoms with Crippen LogP contribution < -0.4 is 0 Å². The monoisotopic (exact) mass is 272 g/mol. The molecule has 0 saturated carbocycles. The first-order valence-corrected chi connectivity index (χ1v) is 5.81. The van der Waals surface area contributed by atoms with Gasteiger partial charge >= 0.3 is 12.1 Å². The summed E-state index contributed by atoms with van der Waals surface area (Å²) in [6.07, 6.45) is -4.51. The molecule has 6 heteroatoms. The molecule has 0 aliphatic carbocycles. The van der Waals surface area contributed by atoms with Crippen LogP contribution in [0.2, 0.25) is 0 Å². The standard InChI is InChI=1S/C12H7F3O2S/c13-12(14,15)10-4-2-1-3-7(10)8-5-18-6-9(8)11(16)17/h1-6H,(H,16,17). The van der Waals surface area contributed by atoms with E-state index in [9.17, 15) is 18.0 Å². The van der Waals surface area contributed by atoms with Gasteiger partial charge in [0.2, 0.25) is 0 Å². The molecular weight excluding hydrogens is 265 g/mol. The number of carboxylic acids is 1. The molecule has 0 bridgehead atoms. The van der Waals surface area contributed by atoms with Gasteiger partial charge in [0, 0.05) is 10.9 Å². The molecular formula is C12H7F3O2S. The van der Waals surface area contributed by atoms with Crippen LogP contribution in [0.3, 0.4) is 0 Å². The molecule has 0 saturated heterocycles. The summed E-state index contributed by atoms with van der Waals surface area (Å²) in [6.45, 7) is 0. The fourth-order valence-corrected chi connectivity index (χ4v) is 2.46. The first kappa shape index (κ1) is 12.6. The molecule has 0 aliphatic heterocycles.